The lowest BCUT2D eigenvalue weighted by Gasteiger charge is -2.09. The van der Waals surface area contributed by atoms with Crippen LogP contribution in [0.4, 0.5) is 11.4 Å². The van der Waals surface area contributed by atoms with Crippen molar-refractivity contribution in [2.45, 2.75) is 24.7 Å². The molecule has 3 N–H and O–H groups in total. The van der Waals surface area contributed by atoms with Gasteiger partial charge in [-0.3, -0.25) is 9.59 Å². The summed E-state index contributed by atoms with van der Waals surface area (Å²) >= 11 is 1.37. The molecule has 0 saturated carbocycles. The minimum atomic E-state index is -1.16. The van der Waals surface area contributed by atoms with Gasteiger partial charge in [-0.2, -0.15) is 0 Å². The Hall–Kier alpha value is -3.78. The molecule has 0 unspecified atom stereocenters. The van der Waals surface area contributed by atoms with E-state index in [2.05, 4.69) is 17.6 Å². The average molecular weight is 479 g/mol. The zero-order valence-electron chi connectivity index (χ0n) is 18.7. The van der Waals surface area contributed by atoms with Crippen molar-refractivity contribution in [1.29, 1.82) is 0 Å². The SMILES string of the molecule is CCCCOc1ccc(NC(=O)CSc2ccc(NC(=O)c3ccccc3C(=O)O)cc2)cc1. The predicted molar refractivity (Wildman–Crippen MR) is 134 cm³/mol. The van der Waals surface area contributed by atoms with Gasteiger partial charge in [0.1, 0.15) is 5.75 Å². The molecule has 0 fully saturated rings. The Morgan fingerprint density at radius 3 is 2.12 bits per heavy atom. The molecule has 0 saturated heterocycles. The van der Waals surface area contributed by atoms with E-state index in [1.54, 1.807) is 36.4 Å². The molecule has 3 aromatic carbocycles. The fraction of sp³-hybridized carbons (Fsp3) is 0.192. The molecule has 0 aliphatic heterocycles. The number of nitrogens with one attached hydrogen (secondary N) is 2. The van der Waals surface area contributed by atoms with Crippen molar-refractivity contribution in [3.63, 3.8) is 0 Å². The lowest BCUT2D eigenvalue weighted by molar-refractivity contribution is -0.113. The molecule has 0 aliphatic rings. The zero-order chi connectivity index (χ0) is 24.3. The van der Waals surface area contributed by atoms with Gasteiger partial charge in [0.2, 0.25) is 5.91 Å². The number of aromatic carboxylic acids is 1. The van der Waals surface area contributed by atoms with Crippen LogP contribution in [0.3, 0.4) is 0 Å². The molecule has 2 amide bonds. The highest BCUT2D eigenvalue weighted by Gasteiger charge is 2.15. The fourth-order valence-corrected chi connectivity index (χ4v) is 3.71. The van der Waals surface area contributed by atoms with Crippen LogP contribution < -0.4 is 15.4 Å². The number of benzene rings is 3. The van der Waals surface area contributed by atoms with E-state index >= 15 is 0 Å². The Kier molecular flexibility index (Phi) is 9.11. The van der Waals surface area contributed by atoms with Gasteiger partial charge < -0.3 is 20.5 Å². The number of hydrogen-bond acceptors (Lipinski definition) is 5. The maximum Gasteiger partial charge on any atom is 0.336 e. The molecule has 3 rings (SSSR count). The zero-order valence-corrected chi connectivity index (χ0v) is 19.6. The first-order valence-corrected chi connectivity index (χ1v) is 11.8. The van der Waals surface area contributed by atoms with Crippen molar-refractivity contribution in [3.8, 4) is 5.75 Å². The molecule has 0 bridgehead atoms. The molecule has 0 aromatic heterocycles. The highest BCUT2D eigenvalue weighted by molar-refractivity contribution is 8.00. The number of rotatable bonds is 11. The Bertz CT molecular complexity index is 1130. The summed E-state index contributed by atoms with van der Waals surface area (Å²) in [5.41, 5.74) is 1.26. The van der Waals surface area contributed by atoms with Crippen molar-refractivity contribution in [3.05, 3.63) is 83.9 Å². The molecule has 0 aliphatic carbocycles. The first-order valence-electron chi connectivity index (χ1n) is 10.9. The van der Waals surface area contributed by atoms with E-state index in [0.717, 1.165) is 23.5 Å². The van der Waals surface area contributed by atoms with Crippen LogP contribution in [0.5, 0.6) is 5.75 Å². The minimum absolute atomic E-state index is 0.0585. The number of carbonyl (C=O) groups excluding carboxylic acids is 2. The van der Waals surface area contributed by atoms with Crippen molar-refractivity contribution < 1.29 is 24.2 Å². The summed E-state index contributed by atoms with van der Waals surface area (Å²) < 4.78 is 5.62. The number of unbranched alkanes of at least 4 members (excludes halogenated alkanes) is 1. The van der Waals surface area contributed by atoms with Crippen LogP contribution in [0.2, 0.25) is 0 Å². The van der Waals surface area contributed by atoms with Crippen molar-refractivity contribution >= 4 is 40.9 Å². The third-order valence-corrected chi connectivity index (χ3v) is 5.80. The van der Waals surface area contributed by atoms with Gasteiger partial charge in [0.05, 0.1) is 23.5 Å². The molecule has 8 heteroatoms. The van der Waals surface area contributed by atoms with Gasteiger partial charge in [-0.25, -0.2) is 4.79 Å². The molecule has 0 radical (unpaired) electrons. The smallest absolute Gasteiger partial charge is 0.336 e. The van der Waals surface area contributed by atoms with E-state index in [-0.39, 0.29) is 22.8 Å². The number of thioether (sulfide) groups is 1. The van der Waals surface area contributed by atoms with E-state index in [1.165, 1.54) is 23.9 Å². The summed E-state index contributed by atoms with van der Waals surface area (Å²) in [6.07, 6.45) is 2.08. The highest BCUT2D eigenvalue weighted by atomic mass is 32.2. The van der Waals surface area contributed by atoms with E-state index in [1.807, 2.05) is 24.3 Å². The van der Waals surface area contributed by atoms with Gasteiger partial charge in [-0.05, 0) is 67.1 Å². The molecular formula is C26H26N2O5S. The van der Waals surface area contributed by atoms with Crippen LogP contribution in [0.15, 0.2) is 77.7 Å². The normalized spacial score (nSPS) is 10.4. The third-order valence-electron chi connectivity index (χ3n) is 4.79. The summed E-state index contributed by atoms with van der Waals surface area (Å²) in [5.74, 6) is -0.787. The summed E-state index contributed by atoms with van der Waals surface area (Å²) in [6.45, 7) is 2.79. The van der Waals surface area contributed by atoms with Crippen molar-refractivity contribution in [1.82, 2.24) is 0 Å². The molecule has 34 heavy (non-hydrogen) atoms. The van der Waals surface area contributed by atoms with E-state index < -0.39 is 11.9 Å². The number of anilines is 2. The largest absolute Gasteiger partial charge is 0.494 e. The lowest BCUT2D eigenvalue weighted by atomic mass is 10.1. The Morgan fingerprint density at radius 1 is 0.853 bits per heavy atom. The van der Waals surface area contributed by atoms with Gasteiger partial charge in [-0.1, -0.05) is 25.5 Å². The van der Waals surface area contributed by atoms with Crippen molar-refractivity contribution in [2.75, 3.05) is 23.0 Å². The predicted octanol–water partition coefficient (Wildman–Crippen LogP) is 5.55. The Morgan fingerprint density at radius 2 is 1.47 bits per heavy atom. The monoisotopic (exact) mass is 478 g/mol. The van der Waals surface area contributed by atoms with E-state index in [4.69, 9.17) is 4.74 Å². The van der Waals surface area contributed by atoms with Crippen LogP contribution in [0.1, 0.15) is 40.5 Å². The molecule has 176 valence electrons. The molecule has 7 nitrogen and oxygen atoms in total. The van der Waals surface area contributed by atoms with Crippen molar-refractivity contribution in [2.24, 2.45) is 0 Å². The molecular weight excluding hydrogens is 452 g/mol. The Labute approximate surface area is 202 Å². The summed E-state index contributed by atoms with van der Waals surface area (Å²) in [7, 11) is 0. The Balaban J connectivity index is 1.48. The van der Waals surface area contributed by atoms with Crippen LogP contribution in [0, 0.1) is 0 Å². The fourth-order valence-electron chi connectivity index (χ4n) is 3.02. The first kappa shape index (κ1) is 24.9. The number of amides is 2. The number of carboxylic acids is 1. The third kappa shape index (κ3) is 7.38. The van der Waals surface area contributed by atoms with Gasteiger partial charge in [-0.15, -0.1) is 11.8 Å². The molecule has 0 heterocycles. The van der Waals surface area contributed by atoms with Crippen LogP contribution >= 0.6 is 11.8 Å². The maximum absolute atomic E-state index is 12.5. The average Bonchev–Trinajstić information content (AvgIpc) is 2.85. The molecule has 0 atom stereocenters. The topological polar surface area (TPSA) is 105 Å². The summed E-state index contributed by atoms with van der Waals surface area (Å²) in [5, 5.41) is 14.8. The quantitative estimate of drug-likeness (QED) is 0.247. The molecule has 3 aromatic rings. The van der Waals surface area contributed by atoms with Gasteiger partial charge in [0, 0.05) is 16.3 Å². The number of ether oxygens (including phenoxy) is 1. The second-order valence-corrected chi connectivity index (χ2v) is 8.44. The van der Waals surface area contributed by atoms with Gasteiger partial charge in [0.15, 0.2) is 0 Å². The second-order valence-electron chi connectivity index (χ2n) is 7.39. The maximum atomic E-state index is 12.5. The van der Waals surface area contributed by atoms with Crippen LogP contribution in [-0.2, 0) is 4.79 Å². The number of carboxylic acid groups (broad SMARTS) is 1. The first-order chi connectivity index (χ1) is 16.5. The second kappa shape index (κ2) is 12.5. The molecule has 0 spiro atoms. The van der Waals surface area contributed by atoms with E-state index in [9.17, 15) is 19.5 Å². The van der Waals surface area contributed by atoms with Gasteiger partial charge >= 0.3 is 5.97 Å². The van der Waals surface area contributed by atoms with Crippen LogP contribution in [-0.4, -0.2) is 35.2 Å². The number of carbonyl (C=O) groups is 3. The number of hydrogen-bond donors (Lipinski definition) is 3. The lowest BCUT2D eigenvalue weighted by Crippen LogP contribution is -2.16. The van der Waals surface area contributed by atoms with Gasteiger partial charge in [0.25, 0.3) is 5.91 Å². The summed E-state index contributed by atoms with van der Waals surface area (Å²) in [6, 6.07) is 20.3. The minimum Gasteiger partial charge on any atom is -0.494 e. The standard InChI is InChI=1S/C26H26N2O5S/c1-2-3-16-33-20-12-8-18(9-13-20)27-24(29)17-34-21-14-10-19(11-15-21)28-25(30)22-6-4-5-7-23(22)26(31)32/h4-15H,2-3,16-17H2,1H3,(H,27,29)(H,28,30)(H,31,32). The highest BCUT2D eigenvalue weighted by Crippen LogP contribution is 2.22. The van der Waals surface area contributed by atoms with E-state index in [0.29, 0.717) is 18.0 Å². The van der Waals surface area contributed by atoms with Crippen LogP contribution in [0.25, 0.3) is 0 Å². The summed E-state index contributed by atoms with van der Waals surface area (Å²) in [4.78, 5) is 36.9.